The highest BCUT2D eigenvalue weighted by molar-refractivity contribution is 7.47. The number of hydrogen-bond donors (Lipinski definition) is 6. The third-order valence-electron chi connectivity index (χ3n) is 11.1. The lowest BCUT2D eigenvalue weighted by Gasteiger charge is -2.21. The minimum absolute atomic E-state index is 0.0995. The molecule has 0 aliphatic heterocycles. The molecule has 125 heavy (non-hydrogen) atoms. The van der Waals surface area contributed by atoms with E-state index >= 15 is 0 Å². The van der Waals surface area contributed by atoms with Gasteiger partial charge >= 0.3 is 27.6 Å². The number of Topliss-reactive ketones (excluding diaryl/α,β-unsaturated/α-hetero) is 3. The van der Waals surface area contributed by atoms with Crippen molar-refractivity contribution in [3.63, 3.8) is 0 Å². The van der Waals surface area contributed by atoms with E-state index in [0.29, 0.717) is 0 Å². The van der Waals surface area contributed by atoms with Crippen molar-refractivity contribution in [2.24, 2.45) is 5.92 Å². The van der Waals surface area contributed by atoms with Gasteiger partial charge in [-0.2, -0.15) is 0 Å². The summed E-state index contributed by atoms with van der Waals surface area (Å²) in [4.78, 5) is 110. The van der Waals surface area contributed by atoms with Gasteiger partial charge in [-0.15, -0.1) is 25.2 Å². The van der Waals surface area contributed by atoms with Crippen LogP contribution >= 0.6 is 15.6 Å². The molecule has 0 radical (unpaired) electrons. The van der Waals surface area contributed by atoms with Crippen LogP contribution in [-0.4, -0.2) is 135 Å². The van der Waals surface area contributed by atoms with Crippen LogP contribution in [0.4, 0.5) is 4.79 Å². The fourth-order valence-electron chi connectivity index (χ4n) is 6.28. The number of rotatable bonds is 33. The van der Waals surface area contributed by atoms with E-state index in [9.17, 15) is 52.5 Å². The molecular formula is C101H52N4O18P2. The second kappa shape index (κ2) is 77.6. The first-order valence-electron chi connectivity index (χ1n) is 34.3. The number of urea groups is 1. The summed E-state index contributed by atoms with van der Waals surface area (Å²) >= 11 is 0. The lowest BCUT2D eigenvalue weighted by molar-refractivity contribution is -0.140. The van der Waals surface area contributed by atoms with Crippen molar-refractivity contribution >= 4 is 56.8 Å². The van der Waals surface area contributed by atoms with Gasteiger partial charge in [-0.3, -0.25) is 42.1 Å². The van der Waals surface area contributed by atoms with Crippen LogP contribution in [0.15, 0.2) is 0 Å². The van der Waals surface area contributed by atoms with Crippen LogP contribution < -0.4 is 21.3 Å². The number of nitrogens with one attached hydrogen (secondary N) is 4. The van der Waals surface area contributed by atoms with Gasteiger partial charge in [-0.25, -0.2) is 18.7 Å². The Morgan fingerprint density at radius 3 is 0.880 bits per heavy atom. The van der Waals surface area contributed by atoms with E-state index in [4.69, 9.17) is 51.6 Å². The Morgan fingerprint density at radius 1 is 0.320 bits per heavy atom. The third-order valence-corrected chi connectivity index (χ3v) is 13.0. The number of terminal acetylenes is 3. The number of phosphoric ester groups is 2. The summed E-state index contributed by atoms with van der Waals surface area (Å²) in [6, 6.07) is -3.46. The third kappa shape index (κ3) is 74.8. The SMILES string of the molecule is C#CC#CC#CC#CC#CC#CC#CC#CC#CC#CC#CC(=O)CC(=O)N[C@H](COCC[C@@H](C#C)OC(=O)C#CC#CC#CC#CC#CC#CC)COP(=O)(O)OCCNC(=O)NCCOP(=O)(O)OC[C@@H](COCC[C@@H](C#C)CC(=O)C#CC#CC#CC#CC#CC)NC(=O)CC(=O)C#CC#CC#CC#CC#CC#CC#CC#CC#CC#CC#CC#CC. The van der Waals surface area contributed by atoms with Crippen molar-refractivity contribution in [3.8, 4) is 428 Å². The molecule has 0 bridgehead atoms. The molecule has 24 heteroatoms. The van der Waals surface area contributed by atoms with Crippen LogP contribution in [0.25, 0.3) is 0 Å². The van der Waals surface area contributed by atoms with Crippen LogP contribution in [0.2, 0.25) is 0 Å². The molecule has 0 aromatic rings. The molecule has 0 fully saturated rings. The summed E-state index contributed by atoms with van der Waals surface area (Å²) in [5.41, 5.74) is 0. The van der Waals surface area contributed by atoms with E-state index in [1.54, 1.807) is 20.8 Å². The summed E-state index contributed by atoms with van der Waals surface area (Å²) in [5, 5.41) is 9.41. The maximum atomic E-state index is 13.0. The highest BCUT2D eigenvalue weighted by Crippen LogP contribution is 2.43. The second-order valence-electron chi connectivity index (χ2n) is 20.2. The fraction of sp³-hybridized carbons (Fsp3) is 0.218. The summed E-state index contributed by atoms with van der Waals surface area (Å²) < 4.78 is 62.5. The Morgan fingerprint density at radius 2 is 0.592 bits per heavy atom. The number of ether oxygens (including phenoxy) is 3. The van der Waals surface area contributed by atoms with Crippen LogP contribution in [0.5, 0.6) is 0 Å². The number of amides is 4. The number of esters is 1. The summed E-state index contributed by atoms with van der Waals surface area (Å²) in [6.07, 6.45) is 13.1. The second-order valence-corrected chi connectivity index (χ2v) is 23.1. The minimum atomic E-state index is -5.00. The fourth-order valence-corrected chi connectivity index (χ4v) is 7.81. The first-order chi connectivity index (χ1) is 60.8. The first-order valence-corrected chi connectivity index (χ1v) is 37.3. The molecule has 0 heterocycles. The summed E-state index contributed by atoms with van der Waals surface area (Å²) in [7, 11) is -9.99. The standard InChI is InChI=1S/C101H52N4O18P2/c1-7-13-17-21-25-29-32-34-36-38-40-42-43-44-46-48-50-52-55-57-61-65-69-73-95(107)85-98(109)104-92(87-117-80-76-91(11-5)84-94(106)72-68-64-60-56-28-24-20-16-10-4)89-121-124(113,114)119-82-78-102-101(112)103-79-83-120-125(115,116)122-90-93(88-118-81-77-97(12-6)123-100(111)75-71-67-63-59-53-31-27-23-19-15-9-3)105-99(110)86-96(108)74-70-66-62-58-54-51-49-47-45-41-39-37-35-33-30-26-22-18-14-8-2/h2,5-6,91-93,97H,76-90H2,1,3-4H3,(H,104,109)(H,105,110)(H,113,114)(H,115,116)(H2,102,103,112)/t91-,92-,93-,97-/m1/s1. The lowest BCUT2D eigenvalue weighted by Crippen LogP contribution is -2.42. The van der Waals surface area contributed by atoms with Gasteiger partial charge in [0.1, 0.15) is 0 Å². The molecule has 6 N–H and O–H groups in total. The van der Waals surface area contributed by atoms with Crippen molar-refractivity contribution < 1.29 is 84.8 Å². The van der Waals surface area contributed by atoms with E-state index < -0.39 is 146 Å². The number of carbonyl (C=O) groups is 7. The van der Waals surface area contributed by atoms with Crippen LogP contribution in [-0.2, 0) is 70.2 Å². The Balaban J connectivity index is 6.04. The van der Waals surface area contributed by atoms with E-state index in [1.165, 1.54) is 0 Å². The molecule has 0 aromatic carbocycles. The van der Waals surface area contributed by atoms with Crippen molar-refractivity contribution in [3.05, 3.63) is 0 Å². The Labute approximate surface area is 729 Å². The smallest absolute Gasteiger partial charge is 0.439 e. The molecule has 0 aliphatic carbocycles. The van der Waals surface area contributed by atoms with Gasteiger partial charge in [0.25, 0.3) is 0 Å². The Kier molecular flexibility index (Phi) is 65.8. The molecule has 0 spiro atoms. The zero-order valence-corrected chi connectivity index (χ0v) is 67.8. The molecule has 594 valence electrons. The van der Waals surface area contributed by atoms with Gasteiger partial charge in [0.2, 0.25) is 29.2 Å². The van der Waals surface area contributed by atoms with Crippen molar-refractivity contribution in [2.45, 2.75) is 71.1 Å². The van der Waals surface area contributed by atoms with Crippen molar-refractivity contribution in [1.29, 1.82) is 0 Å². The average molecular weight is 1670 g/mol. The molecule has 4 amide bonds. The minimum Gasteiger partial charge on any atom is -0.439 e. The number of ketones is 3. The molecule has 0 saturated heterocycles. The maximum Gasteiger partial charge on any atom is 0.472 e. The highest BCUT2D eigenvalue weighted by Gasteiger charge is 2.27. The monoisotopic (exact) mass is 1670 g/mol. The van der Waals surface area contributed by atoms with Crippen molar-refractivity contribution in [1.82, 2.24) is 21.3 Å². The van der Waals surface area contributed by atoms with Gasteiger partial charge in [-0.05, 0) is 341 Å². The maximum absolute atomic E-state index is 13.0. The predicted molar refractivity (Wildman–Crippen MR) is 462 cm³/mol. The highest BCUT2D eigenvalue weighted by atomic mass is 31.2. The van der Waals surface area contributed by atoms with Gasteiger partial charge < -0.3 is 45.3 Å². The molecular weight excluding hydrogens is 1620 g/mol. The largest absolute Gasteiger partial charge is 0.472 e. The summed E-state index contributed by atoms with van der Waals surface area (Å²) in [6.45, 7) is -0.126. The average Bonchev–Trinajstić information content (AvgIpc) is 0.906. The zero-order chi connectivity index (χ0) is 91.5. The molecule has 6 atom stereocenters. The number of carbonyl (C=O) groups excluding carboxylic acids is 7. The van der Waals surface area contributed by atoms with E-state index in [1.807, 2.05) is 0 Å². The first kappa shape index (κ1) is 106. The molecule has 0 aromatic heterocycles. The van der Waals surface area contributed by atoms with Crippen LogP contribution in [0.1, 0.15) is 52.9 Å². The van der Waals surface area contributed by atoms with Gasteiger partial charge in [0.15, 0.2) is 6.10 Å². The van der Waals surface area contributed by atoms with E-state index in [0.717, 1.165) is 0 Å². The Hall–Kier alpha value is -19.0. The zero-order valence-electron chi connectivity index (χ0n) is 66.0. The van der Waals surface area contributed by atoms with Crippen LogP contribution in [0.3, 0.4) is 0 Å². The predicted octanol–water partition coefficient (Wildman–Crippen LogP) is -0.187. The van der Waals surface area contributed by atoms with E-state index in [2.05, 4.69) is 430 Å². The Bertz CT molecular complexity index is 6790. The van der Waals surface area contributed by atoms with Gasteiger partial charge in [0.05, 0.1) is 71.2 Å². The molecule has 2 unspecified atom stereocenters. The topological polar surface area (TPSA) is 307 Å². The van der Waals surface area contributed by atoms with Crippen molar-refractivity contribution in [2.75, 3.05) is 65.9 Å². The quantitative estimate of drug-likeness (QED) is 0.00944. The normalized spacial score (nSPS) is 9.10. The number of hydrogen-bond acceptors (Lipinski definition) is 16. The number of phosphoric acid groups is 2. The molecule has 0 saturated carbocycles. The molecule has 0 aliphatic rings. The van der Waals surface area contributed by atoms with Gasteiger partial charge in [-0.1, -0.05) is 23.7 Å². The summed E-state index contributed by atoms with van der Waals surface area (Å²) in [5.74, 6) is 160. The lowest BCUT2D eigenvalue weighted by atomic mass is 10.0. The van der Waals surface area contributed by atoms with E-state index in [-0.39, 0.29) is 32.5 Å². The van der Waals surface area contributed by atoms with Crippen LogP contribution in [0, 0.1) is 434 Å². The van der Waals surface area contributed by atoms with Gasteiger partial charge in [0, 0.05) is 104 Å². The molecule has 22 nitrogen and oxygen atoms in total. The molecule has 0 rings (SSSR count).